The lowest BCUT2D eigenvalue weighted by Gasteiger charge is -2.21. The zero-order valence-corrected chi connectivity index (χ0v) is 14.7. The number of aryl methyl sites for hydroxylation is 1. The Morgan fingerprint density at radius 2 is 1.88 bits per heavy atom. The van der Waals surface area contributed by atoms with E-state index >= 15 is 0 Å². The first kappa shape index (κ1) is 17.9. The average Bonchev–Trinajstić information content (AvgIpc) is 2.68. The van der Waals surface area contributed by atoms with Gasteiger partial charge in [0.1, 0.15) is 17.3 Å². The number of aromatic nitrogens is 3. The summed E-state index contributed by atoms with van der Waals surface area (Å²) in [5.41, 5.74) is 2.21. The van der Waals surface area contributed by atoms with Crippen LogP contribution in [-0.2, 0) is 6.42 Å². The molecule has 0 bridgehead atoms. The van der Waals surface area contributed by atoms with E-state index in [4.69, 9.17) is 0 Å². The molecule has 0 aliphatic heterocycles. The molecule has 0 saturated heterocycles. The second kappa shape index (κ2) is 8.01. The Kier molecular flexibility index (Phi) is 5.53. The number of pyridine rings is 1. The van der Waals surface area contributed by atoms with Gasteiger partial charge in [0, 0.05) is 18.0 Å². The van der Waals surface area contributed by atoms with Crippen molar-refractivity contribution in [1.82, 2.24) is 15.0 Å². The number of benzene rings is 1. The van der Waals surface area contributed by atoms with Crippen molar-refractivity contribution in [3.63, 3.8) is 0 Å². The molecule has 3 rings (SSSR count). The van der Waals surface area contributed by atoms with Gasteiger partial charge in [-0.25, -0.2) is 14.4 Å². The highest BCUT2D eigenvalue weighted by Gasteiger charge is 2.18. The van der Waals surface area contributed by atoms with Crippen LogP contribution in [-0.4, -0.2) is 26.1 Å². The quantitative estimate of drug-likeness (QED) is 0.706. The number of hydrogen-bond acceptors (Lipinski definition) is 5. The second-order valence-corrected chi connectivity index (χ2v) is 6.07. The molecule has 0 aliphatic carbocycles. The fourth-order valence-electron chi connectivity index (χ4n) is 2.62. The van der Waals surface area contributed by atoms with E-state index in [0.717, 1.165) is 12.1 Å². The van der Waals surface area contributed by atoms with Crippen LogP contribution >= 0.6 is 0 Å². The van der Waals surface area contributed by atoms with Gasteiger partial charge in [0.05, 0.1) is 12.1 Å². The topological polar surface area (TPSA) is 70.9 Å². The van der Waals surface area contributed by atoms with Gasteiger partial charge in [0.25, 0.3) is 0 Å². The molecular weight excluding hydrogens is 331 g/mol. The molecule has 2 aromatic heterocycles. The predicted octanol–water partition coefficient (Wildman–Crippen LogP) is 3.77. The molecule has 2 N–H and O–H groups in total. The van der Waals surface area contributed by atoms with Crippen LogP contribution in [0.5, 0.6) is 0 Å². The third-order valence-corrected chi connectivity index (χ3v) is 4.10. The van der Waals surface area contributed by atoms with Crippen LogP contribution in [0.2, 0.25) is 0 Å². The van der Waals surface area contributed by atoms with Crippen molar-refractivity contribution >= 4 is 5.82 Å². The van der Waals surface area contributed by atoms with Crippen LogP contribution in [0.4, 0.5) is 10.2 Å². The highest BCUT2D eigenvalue weighted by molar-refractivity contribution is 5.53. The fourth-order valence-corrected chi connectivity index (χ4v) is 2.62. The maximum absolute atomic E-state index is 13.1. The maximum atomic E-state index is 13.1. The van der Waals surface area contributed by atoms with Crippen molar-refractivity contribution in [2.24, 2.45) is 0 Å². The summed E-state index contributed by atoms with van der Waals surface area (Å²) in [6.45, 7) is 3.87. The zero-order chi connectivity index (χ0) is 18.5. The summed E-state index contributed by atoms with van der Waals surface area (Å²) in [6, 6.07) is 13.0. The number of halogens is 1. The predicted molar refractivity (Wildman–Crippen MR) is 99.1 cm³/mol. The molecule has 0 radical (unpaired) electrons. The van der Waals surface area contributed by atoms with Gasteiger partial charge in [0.15, 0.2) is 5.82 Å². The summed E-state index contributed by atoms with van der Waals surface area (Å²) in [4.78, 5) is 13.3. The van der Waals surface area contributed by atoms with Gasteiger partial charge >= 0.3 is 0 Å². The van der Waals surface area contributed by atoms with Crippen LogP contribution in [0, 0.1) is 5.82 Å². The number of rotatable bonds is 6. The smallest absolute Gasteiger partial charge is 0.180 e. The molecule has 0 spiro atoms. The molecule has 2 unspecified atom stereocenters. The molecular formula is C20H21FN4O. The highest BCUT2D eigenvalue weighted by atomic mass is 19.1. The summed E-state index contributed by atoms with van der Waals surface area (Å²) in [5.74, 6) is 0.826. The van der Waals surface area contributed by atoms with E-state index < -0.39 is 6.10 Å². The summed E-state index contributed by atoms with van der Waals surface area (Å²) in [5, 5.41) is 13.7. The van der Waals surface area contributed by atoms with Gasteiger partial charge in [-0.1, -0.05) is 25.1 Å². The summed E-state index contributed by atoms with van der Waals surface area (Å²) >= 11 is 0. The molecule has 0 saturated carbocycles. The molecule has 0 amide bonds. The van der Waals surface area contributed by atoms with E-state index in [-0.39, 0.29) is 11.9 Å². The van der Waals surface area contributed by atoms with Crippen LogP contribution in [0.25, 0.3) is 11.5 Å². The number of hydrogen-bond donors (Lipinski definition) is 2. The lowest BCUT2D eigenvalue weighted by Crippen LogP contribution is -2.25. The number of aliphatic hydroxyl groups excluding tert-OH is 1. The van der Waals surface area contributed by atoms with Gasteiger partial charge in [-0.05, 0) is 43.2 Å². The van der Waals surface area contributed by atoms with E-state index in [2.05, 4.69) is 20.3 Å². The Labute approximate surface area is 152 Å². The zero-order valence-electron chi connectivity index (χ0n) is 14.7. The van der Waals surface area contributed by atoms with Crippen LogP contribution in [0.15, 0.2) is 54.7 Å². The Bertz CT molecular complexity index is 855. The average molecular weight is 352 g/mol. The van der Waals surface area contributed by atoms with Crippen LogP contribution in [0.1, 0.15) is 31.2 Å². The Morgan fingerprint density at radius 1 is 1.12 bits per heavy atom. The minimum absolute atomic E-state index is 0.323. The summed E-state index contributed by atoms with van der Waals surface area (Å²) < 4.78 is 13.1. The molecule has 0 aliphatic rings. The first-order chi connectivity index (χ1) is 12.6. The normalized spacial score (nSPS) is 13.2. The van der Waals surface area contributed by atoms with Gasteiger partial charge in [-0.3, -0.25) is 4.98 Å². The van der Waals surface area contributed by atoms with Gasteiger partial charge in [-0.2, -0.15) is 0 Å². The molecule has 2 atom stereocenters. The first-order valence-electron chi connectivity index (χ1n) is 8.56. The molecule has 26 heavy (non-hydrogen) atoms. The van der Waals surface area contributed by atoms with Crippen LogP contribution < -0.4 is 5.32 Å². The van der Waals surface area contributed by atoms with E-state index in [1.54, 1.807) is 18.3 Å². The number of anilines is 1. The minimum atomic E-state index is -0.797. The van der Waals surface area contributed by atoms with Gasteiger partial charge in [0.2, 0.25) is 0 Å². The highest BCUT2D eigenvalue weighted by Crippen LogP contribution is 2.22. The molecule has 0 fully saturated rings. The van der Waals surface area contributed by atoms with Crippen molar-refractivity contribution < 1.29 is 9.50 Å². The standard InChI is InChI=1S/C20H21FN4O/c1-3-16-12-18(25-20(24-16)17-6-4-5-11-22-17)23-13(2)19(26)14-7-9-15(21)10-8-14/h4-13,19,26H,3H2,1-2H3,(H,23,24,25). The fraction of sp³-hybridized carbons (Fsp3) is 0.250. The molecule has 3 aromatic rings. The van der Waals surface area contributed by atoms with Crippen molar-refractivity contribution in [3.05, 3.63) is 71.8 Å². The maximum Gasteiger partial charge on any atom is 0.180 e. The molecule has 6 heteroatoms. The number of nitrogens with one attached hydrogen (secondary N) is 1. The van der Waals surface area contributed by atoms with Crippen LogP contribution in [0.3, 0.4) is 0 Å². The third kappa shape index (κ3) is 4.21. The lowest BCUT2D eigenvalue weighted by molar-refractivity contribution is 0.160. The molecule has 5 nitrogen and oxygen atoms in total. The number of aliphatic hydroxyl groups is 1. The largest absolute Gasteiger partial charge is 0.386 e. The molecule has 1 aromatic carbocycles. The summed E-state index contributed by atoms with van der Waals surface area (Å²) in [7, 11) is 0. The second-order valence-electron chi connectivity index (χ2n) is 6.07. The van der Waals surface area contributed by atoms with Gasteiger partial charge < -0.3 is 10.4 Å². The summed E-state index contributed by atoms with van der Waals surface area (Å²) in [6.07, 6.45) is 1.66. The van der Waals surface area contributed by atoms with E-state index in [1.165, 1.54) is 12.1 Å². The Hall–Kier alpha value is -2.86. The number of nitrogens with zero attached hydrogens (tertiary/aromatic N) is 3. The van der Waals surface area contributed by atoms with Crippen molar-refractivity contribution in [1.29, 1.82) is 0 Å². The monoisotopic (exact) mass is 352 g/mol. The van der Waals surface area contributed by atoms with E-state index in [0.29, 0.717) is 22.9 Å². The van der Waals surface area contributed by atoms with Crippen molar-refractivity contribution in [2.45, 2.75) is 32.4 Å². The van der Waals surface area contributed by atoms with E-state index in [9.17, 15) is 9.50 Å². The molecule has 134 valence electrons. The van der Waals surface area contributed by atoms with Crippen molar-refractivity contribution in [2.75, 3.05) is 5.32 Å². The minimum Gasteiger partial charge on any atom is -0.386 e. The Balaban J connectivity index is 1.83. The third-order valence-electron chi connectivity index (χ3n) is 4.10. The van der Waals surface area contributed by atoms with Crippen molar-refractivity contribution in [3.8, 4) is 11.5 Å². The first-order valence-corrected chi connectivity index (χ1v) is 8.56. The SMILES string of the molecule is CCc1cc(NC(C)C(O)c2ccc(F)cc2)nc(-c2ccccn2)n1. The Morgan fingerprint density at radius 3 is 2.54 bits per heavy atom. The molecule has 2 heterocycles. The van der Waals surface area contributed by atoms with Gasteiger partial charge in [-0.15, -0.1) is 0 Å². The lowest BCUT2D eigenvalue weighted by atomic mass is 10.0. The van der Waals surface area contributed by atoms with E-state index in [1.807, 2.05) is 38.1 Å².